The van der Waals surface area contributed by atoms with Gasteiger partial charge in [0, 0.05) is 12.7 Å². The largest absolute Gasteiger partial charge is 0.480 e. The molecule has 2 aromatic heterocycles. The molecule has 2 heterocycles. The lowest BCUT2D eigenvalue weighted by atomic mass is 10.3. The molecule has 8 nitrogen and oxygen atoms in total. The zero-order valence-electron chi connectivity index (χ0n) is 12.2. The molecule has 0 fully saturated rings. The lowest BCUT2D eigenvalue weighted by Crippen LogP contribution is -2.24. The highest BCUT2D eigenvalue weighted by molar-refractivity contribution is 6.31. The topological polar surface area (TPSA) is 102 Å². The van der Waals surface area contributed by atoms with Gasteiger partial charge in [0.2, 0.25) is 0 Å². The predicted molar refractivity (Wildman–Crippen MR) is 78.7 cm³/mol. The Kier molecular flexibility index (Phi) is 4.81. The summed E-state index contributed by atoms with van der Waals surface area (Å²) in [5.41, 5.74) is 0.996. The van der Waals surface area contributed by atoms with Gasteiger partial charge in [-0.15, -0.1) is 0 Å². The lowest BCUT2D eigenvalue weighted by molar-refractivity contribution is -0.140. The van der Waals surface area contributed by atoms with Crippen molar-refractivity contribution >= 4 is 23.5 Å². The molecule has 1 unspecified atom stereocenters. The van der Waals surface area contributed by atoms with Crippen LogP contribution in [-0.2, 0) is 17.9 Å². The third-order valence-corrected chi connectivity index (χ3v) is 3.55. The van der Waals surface area contributed by atoms with E-state index < -0.39 is 12.0 Å². The maximum Gasteiger partial charge on any atom is 0.328 e. The van der Waals surface area contributed by atoms with E-state index in [1.54, 1.807) is 4.68 Å². The Hall–Kier alpha value is -2.35. The number of rotatable bonds is 6. The van der Waals surface area contributed by atoms with Crippen molar-refractivity contribution in [3.63, 3.8) is 0 Å². The summed E-state index contributed by atoms with van der Waals surface area (Å²) in [6.45, 7) is 4.28. The molecule has 0 saturated carbocycles. The van der Waals surface area contributed by atoms with Crippen LogP contribution in [0.25, 0.3) is 0 Å². The van der Waals surface area contributed by atoms with Crippen LogP contribution in [-0.4, -0.2) is 36.5 Å². The number of carboxylic acid groups (broad SMARTS) is 1. The number of aryl methyl sites for hydroxylation is 1. The Labute approximate surface area is 131 Å². The van der Waals surface area contributed by atoms with Gasteiger partial charge in [-0.2, -0.15) is 10.2 Å². The number of amides is 1. The summed E-state index contributed by atoms with van der Waals surface area (Å²) in [4.78, 5) is 23.0. The van der Waals surface area contributed by atoms with Crippen LogP contribution in [0.1, 0.15) is 35.9 Å². The van der Waals surface area contributed by atoms with Crippen molar-refractivity contribution in [2.24, 2.45) is 0 Å². The van der Waals surface area contributed by atoms with Crippen molar-refractivity contribution in [1.82, 2.24) is 24.9 Å². The minimum Gasteiger partial charge on any atom is -0.480 e. The van der Waals surface area contributed by atoms with Crippen LogP contribution in [0.5, 0.6) is 0 Å². The molecule has 1 amide bonds. The van der Waals surface area contributed by atoms with Gasteiger partial charge in [0.1, 0.15) is 6.04 Å². The second-order valence-corrected chi connectivity index (χ2v) is 5.07. The summed E-state index contributed by atoms with van der Waals surface area (Å²) in [5.74, 6) is -1.38. The van der Waals surface area contributed by atoms with Crippen molar-refractivity contribution in [3.05, 3.63) is 34.9 Å². The van der Waals surface area contributed by atoms with Gasteiger partial charge in [0.25, 0.3) is 5.91 Å². The van der Waals surface area contributed by atoms with Crippen LogP contribution >= 0.6 is 11.6 Å². The van der Waals surface area contributed by atoms with Gasteiger partial charge in [-0.1, -0.05) is 11.6 Å². The lowest BCUT2D eigenvalue weighted by Gasteiger charge is -2.07. The smallest absolute Gasteiger partial charge is 0.328 e. The van der Waals surface area contributed by atoms with E-state index in [4.69, 9.17) is 16.7 Å². The predicted octanol–water partition coefficient (Wildman–Crippen LogP) is 1.33. The molecular formula is C13H16ClN5O3. The molecule has 9 heteroatoms. The Morgan fingerprint density at radius 3 is 2.77 bits per heavy atom. The molecule has 0 bridgehead atoms. The highest BCUT2D eigenvalue weighted by Crippen LogP contribution is 2.15. The molecule has 22 heavy (non-hydrogen) atoms. The molecule has 2 aromatic rings. The normalized spacial score (nSPS) is 12.1. The molecule has 0 aromatic carbocycles. The van der Waals surface area contributed by atoms with E-state index in [0.29, 0.717) is 17.3 Å². The first-order valence-electron chi connectivity index (χ1n) is 6.69. The van der Waals surface area contributed by atoms with Gasteiger partial charge in [0.15, 0.2) is 0 Å². The van der Waals surface area contributed by atoms with Crippen LogP contribution < -0.4 is 5.32 Å². The summed E-state index contributed by atoms with van der Waals surface area (Å²) in [6, 6.07) is -0.836. The summed E-state index contributed by atoms with van der Waals surface area (Å²) in [5, 5.41) is 20.1. The van der Waals surface area contributed by atoms with Crippen LogP contribution in [0, 0.1) is 0 Å². The van der Waals surface area contributed by atoms with Crippen molar-refractivity contribution < 1.29 is 14.7 Å². The first-order chi connectivity index (χ1) is 10.4. The molecule has 0 spiro atoms. The molecule has 1 atom stereocenters. The van der Waals surface area contributed by atoms with E-state index in [0.717, 1.165) is 0 Å². The molecule has 0 aliphatic carbocycles. The van der Waals surface area contributed by atoms with E-state index in [1.165, 1.54) is 30.2 Å². The van der Waals surface area contributed by atoms with E-state index in [-0.39, 0.29) is 18.0 Å². The molecule has 0 saturated heterocycles. The standard InChI is InChI=1S/C13H16ClN5O3/c1-3-18-11(10(14)5-17-18)6-15-12(20)9-4-16-19(7-9)8(2)13(21)22/h4-5,7-8H,3,6H2,1-2H3,(H,15,20)(H,21,22). The van der Waals surface area contributed by atoms with Crippen LogP contribution in [0.4, 0.5) is 0 Å². The monoisotopic (exact) mass is 325 g/mol. The van der Waals surface area contributed by atoms with Crippen molar-refractivity contribution in [1.29, 1.82) is 0 Å². The Bertz CT molecular complexity index is 694. The highest BCUT2D eigenvalue weighted by atomic mass is 35.5. The Morgan fingerprint density at radius 1 is 1.41 bits per heavy atom. The maximum atomic E-state index is 12.1. The van der Waals surface area contributed by atoms with Gasteiger partial charge in [-0.3, -0.25) is 14.2 Å². The quantitative estimate of drug-likeness (QED) is 0.834. The minimum atomic E-state index is -1.02. The van der Waals surface area contributed by atoms with Crippen LogP contribution in [0.15, 0.2) is 18.6 Å². The summed E-state index contributed by atoms with van der Waals surface area (Å²) in [6.07, 6.45) is 4.25. The summed E-state index contributed by atoms with van der Waals surface area (Å²) >= 11 is 6.02. The fourth-order valence-electron chi connectivity index (χ4n) is 1.88. The number of halogens is 1. The van der Waals surface area contributed by atoms with Gasteiger partial charge < -0.3 is 10.4 Å². The number of carbonyl (C=O) groups excluding carboxylic acids is 1. The molecule has 0 aliphatic heterocycles. The van der Waals surface area contributed by atoms with E-state index >= 15 is 0 Å². The van der Waals surface area contributed by atoms with Crippen molar-refractivity contribution in [3.8, 4) is 0 Å². The fourth-order valence-corrected chi connectivity index (χ4v) is 2.09. The number of hydrogen-bond donors (Lipinski definition) is 2. The fraction of sp³-hybridized carbons (Fsp3) is 0.385. The van der Waals surface area contributed by atoms with Gasteiger partial charge in [-0.05, 0) is 13.8 Å². The number of carbonyl (C=O) groups is 2. The number of nitrogens with zero attached hydrogens (tertiary/aromatic N) is 4. The molecule has 2 rings (SSSR count). The molecular weight excluding hydrogens is 310 g/mol. The third-order valence-electron chi connectivity index (χ3n) is 3.23. The highest BCUT2D eigenvalue weighted by Gasteiger charge is 2.17. The zero-order chi connectivity index (χ0) is 16.3. The Balaban J connectivity index is 2.04. The summed E-state index contributed by atoms with van der Waals surface area (Å²) in [7, 11) is 0. The number of nitrogens with one attached hydrogen (secondary N) is 1. The maximum absolute atomic E-state index is 12.1. The molecule has 0 aliphatic rings. The molecule has 118 valence electrons. The second-order valence-electron chi connectivity index (χ2n) is 4.66. The molecule has 0 radical (unpaired) electrons. The number of aromatic nitrogens is 4. The average molecular weight is 326 g/mol. The molecule has 2 N–H and O–H groups in total. The third kappa shape index (κ3) is 3.28. The van der Waals surface area contributed by atoms with E-state index in [9.17, 15) is 9.59 Å². The van der Waals surface area contributed by atoms with Gasteiger partial charge >= 0.3 is 5.97 Å². The van der Waals surface area contributed by atoms with E-state index in [1.807, 2.05) is 6.92 Å². The Morgan fingerprint density at radius 2 is 2.14 bits per heavy atom. The number of carboxylic acids is 1. The minimum absolute atomic E-state index is 0.227. The first kappa shape index (κ1) is 16.0. The number of aliphatic carboxylic acids is 1. The zero-order valence-corrected chi connectivity index (χ0v) is 12.9. The van der Waals surface area contributed by atoms with Crippen molar-refractivity contribution in [2.75, 3.05) is 0 Å². The SMILES string of the molecule is CCn1ncc(Cl)c1CNC(=O)c1cnn(C(C)C(=O)O)c1. The second kappa shape index (κ2) is 6.61. The number of hydrogen-bond acceptors (Lipinski definition) is 4. The van der Waals surface area contributed by atoms with Crippen molar-refractivity contribution in [2.45, 2.75) is 33.0 Å². The first-order valence-corrected chi connectivity index (χ1v) is 7.07. The van der Waals surface area contributed by atoms with Gasteiger partial charge in [0.05, 0.1) is 35.2 Å². The summed E-state index contributed by atoms with van der Waals surface area (Å²) < 4.78 is 2.92. The van der Waals surface area contributed by atoms with Crippen LogP contribution in [0.3, 0.4) is 0 Å². The van der Waals surface area contributed by atoms with Gasteiger partial charge in [-0.25, -0.2) is 4.79 Å². The van der Waals surface area contributed by atoms with E-state index in [2.05, 4.69) is 15.5 Å². The van der Waals surface area contributed by atoms with Crippen LogP contribution in [0.2, 0.25) is 5.02 Å². The average Bonchev–Trinajstić information content (AvgIpc) is 3.10.